The third-order valence-corrected chi connectivity index (χ3v) is 2.93. The van der Waals surface area contributed by atoms with E-state index < -0.39 is 17.7 Å². The molecule has 1 amide bonds. The van der Waals surface area contributed by atoms with Gasteiger partial charge >= 0.3 is 12.1 Å². The molecule has 20 heavy (non-hydrogen) atoms. The quantitative estimate of drug-likeness (QED) is 0.884. The Kier molecular flexibility index (Phi) is 3.65. The molecule has 0 bridgehead atoms. The molecule has 1 aliphatic carbocycles. The lowest BCUT2D eigenvalue weighted by molar-refractivity contribution is 0.0522. The highest BCUT2D eigenvalue weighted by Gasteiger charge is 2.40. The van der Waals surface area contributed by atoms with Gasteiger partial charge in [-0.15, -0.1) is 0 Å². The van der Waals surface area contributed by atoms with Crippen molar-refractivity contribution in [2.24, 2.45) is 0 Å². The Bertz CT molecular complexity index is 536. The van der Waals surface area contributed by atoms with E-state index in [4.69, 9.17) is 9.84 Å². The zero-order valence-electron chi connectivity index (χ0n) is 11.7. The number of carbonyl (C=O) groups is 2. The number of aromatic nitrogens is 1. The molecule has 2 atom stereocenters. The summed E-state index contributed by atoms with van der Waals surface area (Å²) in [6.45, 7) is 5.41. The number of carboxylic acid groups (broad SMARTS) is 1. The summed E-state index contributed by atoms with van der Waals surface area (Å²) >= 11 is 0. The molecular formula is C14H18N2O4. The summed E-state index contributed by atoms with van der Waals surface area (Å²) in [5, 5.41) is 11.7. The van der Waals surface area contributed by atoms with Crippen LogP contribution in [0.2, 0.25) is 0 Å². The molecule has 1 saturated carbocycles. The number of hydrogen-bond acceptors (Lipinski definition) is 4. The summed E-state index contributed by atoms with van der Waals surface area (Å²) in [5.74, 6) is -0.897. The van der Waals surface area contributed by atoms with Crippen molar-refractivity contribution in [1.82, 2.24) is 10.3 Å². The second-order valence-corrected chi connectivity index (χ2v) is 5.91. The maximum absolute atomic E-state index is 11.6. The van der Waals surface area contributed by atoms with E-state index in [0.29, 0.717) is 0 Å². The van der Waals surface area contributed by atoms with Gasteiger partial charge in [-0.25, -0.2) is 9.59 Å². The number of nitrogens with zero attached hydrogens (tertiary/aromatic N) is 1. The first-order valence-electron chi connectivity index (χ1n) is 6.44. The number of amides is 1. The van der Waals surface area contributed by atoms with Crippen molar-refractivity contribution in [2.75, 3.05) is 0 Å². The fraction of sp³-hybridized carbons (Fsp3) is 0.500. The summed E-state index contributed by atoms with van der Waals surface area (Å²) in [5.41, 5.74) is 0.454. The van der Waals surface area contributed by atoms with Crippen LogP contribution in [-0.2, 0) is 4.74 Å². The van der Waals surface area contributed by atoms with Gasteiger partial charge in [0.25, 0.3) is 0 Å². The highest BCUT2D eigenvalue weighted by Crippen LogP contribution is 2.40. The van der Waals surface area contributed by atoms with Gasteiger partial charge in [-0.05, 0) is 38.8 Å². The van der Waals surface area contributed by atoms with E-state index in [-0.39, 0.29) is 17.5 Å². The third kappa shape index (κ3) is 3.69. The molecule has 6 nitrogen and oxygen atoms in total. The van der Waals surface area contributed by atoms with E-state index >= 15 is 0 Å². The predicted molar refractivity (Wildman–Crippen MR) is 71.7 cm³/mol. The van der Waals surface area contributed by atoms with E-state index in [0.717, 1.165) is 12.0 Å². The standard InChI is InChI=1S/C14H18N2O4/c1-14(2,3)20-13(19)16-11-5-10(11)8-4-9(12(17)18)7-15-6-8/h4,6-7,10-11H,5H2,1-3H3,(H,16,19)(H,17,18). The van der Waals surface area contributed by atoms with Crippen LogP contribution in [0, 0.1) is 0 Å². The molecule has 1 aliphatic rings. The van der Waals surface area contributed by atoms with Crippen LogP contribution < -0.4 is 5.32 Å². The van der Waals surface area contributed by atoms with E-state index in [1.165, 1.54) is 6.20 Å². The van der Waals surface area contributed by atoms with Crippen molar-refractivity contribution >= 4 is 12.1 Å². The van der Waals surface area contributed by atoms with Gasteiger partial charge in [0.2, 0.25) is 0 Å². The van der Waals surface area contributed by atoms with Crippen molar-refractivity contribution < 1.29 is 19.4 Å². The van der Waals surface area contributed by atoms with Gasteiger partial charge in [0.1, 0.15) is 5.60 Å². The monoisotopic (exact) mass is 278 g/mol. The predicted octanol–water partition coefficient (Wildman–Crippen LogP) is 2.16. The van der Waals surface area contributed by atoms with Crippen molar-refractivity contribution in [3.8, 4) is 0 Å². The van der Waals surface area contributed by atoms with Gasteiger partial charge in [0.05, 0.1) is 5.56 Å². The van der Waals surface area contributed by atoms with Gasteiger partial charge in [0.15, 0.2) is 0 Å². The molecule has 0 saturated heterocycles. The molecule has 0 aliphatic heterocycles. The Hall–Kier alpha value is -2.11. The molecule has 6 heteroatoms. The molecule has 1 aromatic heterocycles. The van der Waals surface area contributed by atoms with E-state index in [1.54, 1.807) is 33.0 Å². The summed E-state index contributed by atoms with van der Waals surface area (Å²) in [6, 6.07) is 1.58. The van der Waals surface area contributed by atoms with Crippen LogP contribution in [0.5, 0.6) is 0 Å². The molecule has 2 unspecified atom stereocenters. The molecule has 1 aromatic rings. The smallest absolute Gasteiger partial charge is 0.407 e. The first-order chi connectivity index (χ1) is 9.26. The number of carbonyl (C=O) groups excluding carboxylic acids is 1. The van der Waals surface area contributed by atoms with Gasteiger partial charge in [-0.3, -0.25) is 4.98 Å². The topological polar surface area (TPSA) is 88.5 Å². The Labute approximate surface area is 117 Å². The molecule has 1 fully saturated rings. The maximum atomic E-state index is 11.6. The minimum absolute atomic E-state index is 0.0179. The molecule has 108 valence electrons. The Morgan fingerprint density at radius 3 is 2.70 bits per heavy atom. The number of aromatic carboxylic acids is 1. The van der Waals surface area contributed by atoms with Crippen molar-refractivity contribution in [2.45, 2.75) is 44.8 Å². The van der Waals surface area contributed by atoms with Crippen LogP contribution in [0.25, 0.3) is 0 Å². The lowest BCUT2D eigenvalue weighted by Crippen LogP contribution is -2.34. The lowest BCUT2D eigenvalue weighted by atomic mass is 10.1. The van der Waals surface area contributed by atoms with Crippen molar-refractivity contribution in [1.29, 1.82) is 0 Å². The second kappa shape index (κ2) is 5.11. The normalized spacial score (nSPS) is 21.1. The first-order valence-corrected chi connectivity index (χ1v) is 6.44. The van der Waals surface area contributed by atoms with Gasteiger partial charge < -0.3 is 15.2 Å². The Morgan fingerprint density at radius 2 is 2.10 bits per heavy atom. The van der Waals surface area contributed by atoms with Gasteiger partial charge in [0, 0.05) is 24.4 Å². The summed E-state index contributed by atoms with van der Waals surface area (Å²) < 4.78 is 5.17. The molecule has 2 rings (SSSR count). The maximum Gasteiger partial charge on any atom is 0.407 e. The minimum atomic E-state index is -1.00. The Morgan fingerprint density at radius 1 is 1.40 bits per heavy atom. The number of hydrogen-bond donors (Lipinski definition) is 2. The van der Waals surface area contributed by atoms with E-state index in [1.807, 2.05) is 0 Å². The highest BCUT2D eigenvalue weighted by molar-refractivity contribution is 5.87. The van der Waals surface area contributed by atoms with Crippen LogP contribution in [0.4, 0.5) is 4.79 Å². The fourth-order valence-electron chi connectivity index (χ4n) is 1.96. The molecule has 1 heterocycles. The number of rotatable bonds is 3. The largest absolute Gasteiger partial charge is 0.478 e. The molecule has 0 radical (unpaired) electrons. The van der Waals surface area contributed by atoms with Crippen LogP contribution >= 0.6 is 0 Å². The zero-order chi connectivity index (χ0) is 14.9. The number of ether oxygens (including phenoxy) is 1. The van der Waals surface area contributed by atoms with E-state index in [9.17, 15) is 9.59 Å². The molecule has 0 aromatic carbocycles. The average Bonchev–Trinajstić information content (AvgIpc) is 3.05. The highest BCUT2D eigenvalue weighted by atomic mass is 16.6. The fourth-order valence-corrected chi connectivity index (χ4v) is 1.96. The van der Waals surface area contributed by atoms with Crippen molar-refractivity contribution in [3.05, 3.63) is 29.6 Å². The summed E-state index contributed by atoms with van der Waals surface area (Å²) in [7, 11) is 0. The second-order valence-electron chi connectivity index (χ2n) is 5.91. The van der Waals surface area contributed by atoms with Crippen LogP contribution in [0.1, 0.15) is 49.0 Å². The number of pyridine rings is 1. The zero-order valence-corrected chi connectivity index (χ0v) is 11.7. The van der Waals surface area contributed by atoms with Crippen molar-refractivity contribution in [3.63, 3.8) is 0 Å². The summed E-state index contributed by atoms with van der Waals surface area (Å²) in [4.78, 5) is 26.4. The lowest BCUT2D eigenvalue weighted by Gasteiger charge is -2.19. The SMILES string of the molecule is CC(C)(C)OC(=O)NC1CC1c1cncc(C(=O)O)c1. The number of carboxylic acids is 1. The summed E-state index contributed by atoms with van der Waals surface area (Å²) in [6.07, 6.45) is 3.26. The average molecular weight is 278 g/mol. The van der Waals surface area contributed by atoms with Gasteiger partial charge in [-0.1, -0.05) is 0 Å². The molecule has 0 spiro atoms. The Balaban J connectivity index is 1.93. The first kappa shape index (κ1) is 14.3. The minimum Gasteiger partial charge on any atom is -0.478 e. The van der Waals surface area contributed by atoms with Crippen LogP contribution in [0.15, 0.2) is 18.5 Å². The third-order valence-electron chi connectivity index (χ3n) is 2.93. The van der Waals surface area contributed by atoms with Crippen LogP contribution in [0.3, 0.4) is 0 Å². The number of nitrogens with one attached hydrogen (secondary N) is 1. The van der Waals surface area contributed by atoms with Gasteiger partial charge in [-0.2, -0.15) is 0 Å². The number of alkyl carbamates (subject to hydrolysis) is 1. The van der Waals surface area contributed by atoms with Crippen LogP contribution in [-0.4, -0.2) is 33.8 Å². The molecular weight excluding hydrogens is 260 g/mol. The molecule has 2 N–H and O–H groups in total. The van der Waals surface area contributed by atoms with E-state index in [2.05, 4.69) is 10.3 Å².